The van der Waals surface area contributed by atoms with Crippen LogP contribution in [0.15, 0.2) is 24.5 Å². The number of aromatic nitrogens is 1. The molecule has 3 heterocycles. The van der Waals surface area contributed by atoms with Gasteiger partial charge in [-0.1, -0.05) is 0 Å². The maximum Gasteiger partial charge on any atom is 0.137 e. The predicted octanol–water partition coefficient (Wildman–Crippen LogP) is 1.74. The molecule has 2 aliphatic heterocycles. The van der Waals surface area contributed by atoms with E-state index in [2.05, 4.69) is 10.3 Å². The van der Waals surface area contributed by atoms with Crippen molar-refractivity contribution in [2.75, 3.05) is 0 Å². The Morgan fingerprint density at radius 3 is 2.73 bits per heavy atom. The van der Waals surface area contributed by atoms with Crippen molar-refractivity contribution in [3.05, 3.63) is 24.5 Å². The lowest BCUT2D eigenvalue weighted by molar-refractivity contribution is 0.137. The van der Waals surface area contributed by atoms with Crippen LogP contribution in [-0.4, -0.2) is 23.2 Å². The number of nitrogens with one attached hydrogen (secondary N) is 1. The first-order valence-corrected chi connectivity index (χ1v) is 5.73. The van der Waals surface area contributed by atoms with E-state index in [-0.39, 0.29) is 0 Å². The molecule has 1 aromatic heterocycles. The Morgan fingerprint density at radius 2 is 2.07 bits per heavy atom. The molecule has 0 radical (unpaired) electrons. The minimum atomic E-state index is 0.382. The van der Waals surface area contributed by atoms with Crippen molar-refractivity contribution in [2.24, 2.45) is 0 Å². The lowest BCUT2D eigenvalue weighted by Gasteiger charge is -2.29. The normalized spacial score (nSPS) is 34.0. The topological polar surface area (TPSA) is 34.1 Å². The molecule has 1 unspecified atom stereocenters. The maximum absolute atomic E-state index is 5.93. The molecule has 3 rings (SSSR count). The zero-order chi connectivity index (χ0) is 10.1. The Balaban J connectivity index is 1.65. The quantitative estimate of drug-likeness (QED) is 0.796. The fourth-order valence-electron chi connectivity index (χ4n) is 2.71. The third kappa shape index (κ3) is 1.97. The molecule has 0 amide bonds. The van der Waals surface area contributed by atoms with E-state index in [9.17, 15) is 0 Å². The van der Waals surface area contributed by atoms with Gasteiger partial charge in [-0.3, -0.25) is 4.98 Å². The van der Waals surface area contributed by atoms with Crippen LogP contribution < -0.4 is 10.1 Å². The Kier molecular flexibility index (Phi) is 2.33. The van der Waals surface area contributed by atoms with Crippen LogP contribution in [0.5, 0.6) is 5.75 Å². The molecule has 1 aromatic rings. The summed E-state index contributed by atoms with van der Waals surface area (Å²) in [7, 11) is 0. The molecule has 0 aromatic carbocycles. The highest BCUT2D eigenvalue weighted by Crippen LogP contribution is 2.29. The second kappa shape index (κ2) is 3.81. The zero-order valence-electron chi connectivity index (χ0n) is 8.73. The van der Waals surface area contributed by atoms with Gasteiger partial charge < -0.3 is 10.1 Å². The van der Waals surface area contributed by atoms with E-state index in [0.29, 0.717) is 18.2 Å². The Labute approximate surface area is 89.9 Å². The van der Waals surface area contributed by atoms with Gasteiger partial charge in [0.25, 0.3) is 0 Å². The summed E-state index contributed by atoms with van der Waals surface area (Å²) in [5, 5.41) is 3.61. The molecule has 0 spiro atoms. The number of hydrogen-bond acceptors (Lipinski definition) is 3. The molecule has 15 heavy (non-hydrogen) atoms. The van der Waals surface area contributed by atoms with E-state index in [1.54, 1.807) is 12.4 Å². The van der Waals surface area contributed by atoms with Gasteiger partial charge in [-0.2, -0.15) is 0 Å². The SMILES string of the molecule is c1cncc(OC2C[C@H]3CC[C@@H](C2)N3)c1. The smallest absolute Gasteiger partial charge is 0.137 e. The summed E-state index contributed by atoms with van der Waals surface area (Å²) in [4.78, 5) is 4.06. The minimum absolute atomic E-state index is 0.382. The third-order valence-electron chi connectivity index (χ3n) is 3.37. The summed E-state index contributed by atoms with van der Waals surface area (Å²) in [6.07, 6.45) is 8.88. The van der Waals surface area contributed by atoms with Gasteiger partial charge in [-0.05, 0) is 37.8 Å². The summed E-state index contributed by atoms with van der Waals surface area (Å²) in [5.74, 6) is 0.906. The average Bonchev–Trinajstić information content (AvgIpc) is 2.60. The van der Waals surface area contributed by atoms with Crippen molar-refractivity contribution in [1.82, 2.24) is 10.3 Å². The van der Waals surface area contributed by atoms with E-state index in [1.807, 2.05) is 12.1 Å². The van der Waals surface area contributed by atoms with E-state index in [0.717, 1.165) is 18.6 Å². The number of ether oxygens (including phenoxy) is 1. The van der Waals surface area contributed by atoms with Crippen molar-refractivity contribution in [2.45, 2.75) is 43.9 Å². The van der Waals surface area contributed by atoms with Crippen LogP contribution in [0.3, 0.4) is 0 Å². The molecule has 3 nitrogen and oxygen atoms in total. The summed E-state index contributed by atoms with van der Waals surface area (Å²) in [6, 6.07) is 5.28. The molecular weight excluding hydrogens is 188 g/mol. The second-order valence-corrected chi connectivity index (χ2v) is 4.54. The number of hydrogen-bond donors (Lipinski definition) is 1. The van der Waals surface area contributed by atoms with Crippen LogP contribution in [0, 0.1) is 0 Å². The van der Waals surface area contributed by atoms with Crippen LogP contribution >= 0.6 is 0 Å². The highest BCUT2D eigenvalue weighted by Gasteiger charge is 2.34. The van der Waals surface area contributed by atoms with Crippen molar-refractivity contribution in [1.29, 1.82) is 0 Å². The number of nitrogens with zero attached hydrogens (tertiary/aromatic N) is 1. The van der Waals surface area contributed by atoms with Gasteiger partial charge in [0.05, 0.1) is 6.20 Å². The lowest BCUT2D eigenvalue weighted by atomic mass is 10.0. The summed E-state index contributed by atoms with van der Waals surface area (Å²) in [6.45, 7) is 0. The highest BCUT2D eigenvalue weighted by molar-refractivity contribution is 5.16. The van der Waals surface area contributed by atoms with Crippen molar-refractivity contribution >= 4 is 0 Å². The molecule has 2 saturated heterocycles. The third-order valence-corrected chi connectivity index (χ3v) is 3.37. The van der Waals surface area contributed by atoms with E-state index in [1.165, 1.54) is 12.8 Å². The first-order valence-electron chi connectivity index (χ1n) is 5.73. The predicted molar refractivity (Wildman–Crippen MR) is 57.8 cm³/mol. The molecule has 2 aliphatic rings. The molecule has 0 saturated carbocycles. The van der Waals surface area contributed by atoms with Gasteiger partial charge in [-0.25, -0.2) is 0 Å². The van der Waals surface area contributed by atoms with Gasteiger partial charge in [0.2, 0.25) is 0 Å². The number of rotatable bonds is 2. The largest absolute Gasteiger partial charge is 0.489 e. The van der Waals surface area contributed by atoms with Crippen LogP contribution in [0.25, 0.3) is 0 Å². The monoisotopic (exact) mass is 204 g/mol. The molecule has 0 aliphatic carbocycles. The van der Waals surface area contributed by atoms with Crippen molar-refractivity contribution in [3.8, 4) is 5.75 Å². The number of piperidine rings is 1. The van der Waals surface area contributed by atoms with Crippen LogP contribution in [0.2, 0.25) is 0 Å². The van der Waals surface area contributed by atoms with Crippen molar-refractivity contribution < 1.29 is 4.74 Å². The molecule has 2 fully saturated rings. The molecule has 80 valence electrons. The van der Waals surface area contributed by atoms with Gasteiger partial charge in [0, 0.05) is 18.3 Å². The Bertz CT molecular complexity index is 316. The number of pyridine rings is 1. The summed E-state index contributed by atoms with van der Waals surface area (Å²) in [5.41, 5.74) is 0. The molecule has 2 bridgehead atoms. The molecule has 1 N–H and O–H groups in total. The zero-order valence-corrected chi connectivity index (χ0v) is 8.73. The average molecular weight is 204 g/mol. The summed E-state index contributed by atoms with van der Waals surface area (Å²) < 4.78 is 5.93. The molecular formula is C12H16N2O. The number of fused-ring (bicyclic) bond motifs is 2. The van der Waals surface area contributed by atoms with Gasteiger partial charge >= 0.3 is 0 Å². The van der Waals surface area contributed by atoms with Crippen LogP contribution in [0.4, 0.5) is 0 Å². The van der Waals surface area contributed by atoms with Crippen molar-refractivity contribution in [3.63, 3.8) is 0 Å². The molecule has 3 atom stereocenters. The van der Waals surface area contributed by atoms with Gasteiger partial charge in [-0.15, -0.1) is 0 Å². The molecule has 3 heteroatoms. The Hall–Kier alpha value is -1.09. The van der Waals surface area contributed by atoms with Crippen LogP contribution in [0.1, 0.15) is 25.7 Å². The van der Waals surface area contributed by atoms with E-state index >= 15 is 0 Å². The highest BCUT2D eigenvalue weighted by atomic mass is 16.5. The minimum Gasteiger partial charge on any atom is -0.489 e. The van der Waals surface area contributed by atoms with E-state index < -0.39 is 0 Å². The Morgan fingerprint density at radius 1 is 1.27 bits per heavy atom. The maximum atomic E-state index is 5.93. The van der Waals surface area contributed by atoms with Crippen LogP contribution in [-0.2, 0) is 0 Å². The first-order chi connectivity index (χ1) is 7.40. The van der Waals surface area contributed by atoms with Gasteiger partial charge in [0.15, 0.2) is 0 Å². The van der Waals surface area contributed by atoms with E-state index in [4.69, 9.17) is 4.74 Å². The van der Waals surface area contributed by atoms with Gasteiger partial charge in [0.1, 0.15) is 11.9 Å². The standard InChI is InChI=1S/C12H16N2O/c1-2-11(8-13-5-1)15-12-6-9-3-4-10(7-12)14-9/h1-2,5,8-10,12,14H,3-4,6-7H2/t9-,10+,12?. The second-order valence-electron chi connectivity index (χ2n) is 4.54. The first kappa shape index (κ1) is 9.16. The summed E-state index contributed by atoms with van der Waals surface area (Å²) >= 11 is 0. The fraction of sp³-hybridized carbons (Fsp3) is 0.583. The lowest BCUT2D eigenvalue weighted by Crippen LogP contribution is -2.42. The fourth-order valence-corrected chi connectivity index (χ4v) is 2.71.